The maximum atomic E-state index is 14.0. The van der Waals surface area contributed by atoms with E-state index < -0.39 is 17.9 Å². The van der Waals surface area contributed by atoms with Crippen molar-refractivity contribution in [3.63, 3.8) is 0 Å². The molecule has 0 saturated carbocycles. The molecule has 0 bridgehead atoms. The van der Waals surface area contributed by atoms with Gasteiger partial charge in [0.05, 0.1) is 6.61 Å². The molecule has 0 aromatic heterocycles. The van der Waals surface area contributed by atoms with Gasteiger partial charge in [-0.25, -0.2) is 9.18 Å². The predicted octanol–water partition coefficient (Wildman–Crippen LogP) is 1.19. The van der Waals surface area contributed by atoms with Gasteiger partial charge < -0.3 is 19.3 Å². The van der Waals surface area contributed by atoms with Gasteiger partial charge >= 0.3 is 5.97 Å². The zero-order chi connectivity index (χ0) is 13.1. The number of benzene rings is 1. The first-order valence-electron chi connectivity index (χ1n) is 5.57. The minimum Gasteiger partial charge on any atom is -0.486 e. The van der Waals surface area contributed by atoms with E-state index in [1.807, 2.05) is 0 Å². The van der Waals surface area contributed by atoms with Gasteiger partial charge in [0.1, 0.15) is 13.2 Å². The fourth-order valence-corrected chi connectivity index (χ4v) is 1.66. The second-order valence-electron chi connectivity index (χ2n) is 3.65. The fraction of sp³-hybridized carbons (Fsp3) is 0.417. The van der Waals surface area contributed by atoms with E-state index in [0.717, 1.165) is 0 Å². The number of carbonyl (C=O) groups excluding carboxylic acids is 1. The Bertz CT molecular complexity index is 460. The topological polar surface area (TPSA) is 65.0 Å². The van der Waals surface area contributed by atoms with Crippen LogP contribution >= 0.6 is 0 Å². The van der Waals surface area contributed by atoms with Crippen LogP contribution in [0.3, 0.4) is 0 Å². The first-order valence-corrected chi connectivity index (χ1v) is 5.57. The molecule has 0 amide bonds. The Hall–Kier alpha value is -1.82. The second-order valence-corrected chi connectivity index (χ2v) is 3.65. The van der Waals surface area contributed by atoms with Crippen molar-refractivity contribution in [2.75, 3.05) is 19.8 Å². The Balaban J connectivity index is 2.31. The van der Waals surface area contributed by atoms with Crippen LogP contribution in [0.2, 0.25) is 0 Å². The Morgan fingerprint density at radius 1 is 1.50 bits per heavy atom. The van der Waals surface area contributed by atoms with Crippen molar-refractivity contribution in [3.8, 4) is 11.5 Å². The molecule has 6 heteroatoms. The van der Waals surface area contributed by atoms with E-state index in [-0.39, 0.29) is 30.3 Å². The molecule has 1 aliphatic heterocycles. The van der Waals surface area contributed by atoms with Crippen molar-refractivity contribution in [1.29, 1.82) is 0 Å². The van der Waals surface area contributed by atoms with Crippen molar-refractivity contribution in [2.24, 2.45) is 0 Å². The van der Waals surface area contributed by atoms with Crippen LogP contribution in [0.15, 0.2) is 12.1 Å². The van der Waals surface area contributed by atoms with Gasteiger partial charge in [0.25, 0.3) is 0 Å². The molecule has 1 N–H and O–H groups in total. The number of halogens is 1. The first-order chi connectivity index (χ1) is 8.65. The zero-order valence-corrected chi connectivity index (χ0v) is 9.81. The summed E-state index contributed by atoms with van der Waals surface area (Å²) in [6.07, 6.45) is -1.67. The molecule has 18 heavy (non-hydrogen) atoms. The zero-order valence-electron chi connectivity index (χ0n) is 9.81. The molecule has 0 saturated heterocycles. The molecule has 0 spiro atoms. The van der Waals surface area contributed by atoms with Crippen LogP contribution in [0.1, 0.15) is 18.6 Å². The summed E-state index contributed by atoms with van der Waals surface area (Å²) in [6, 6.07) is 2.74. The summed E-state index contributed by atoms with van der Waals surface area (Å²) >= 11 is 0. The lowest BCUT2D eigenvalue weighted by molar-refractivity contribution is -0.153. The number of aliphatic hydroxyl groups excluding tert-OH is 1. The maximum absolute atomic E-state index is 14.0. The minimum atomic E-state index is -1.67. The van der Waals surface area contributed by atoms with Gasteiger partial charge in [0.2, 0.25) is 0 Å². The average molecular weight is 256 g/mol. The van der Waals surface area contributed by atoms with Crippen LogP contribution in [-0.4, -0.2) is 30.9 Å². The van der Waals surface area contributed by atoms with Crippen LogP contribution in [0.25, 0.3) is 0 Å². The van der Waals surface area contributed by atoms with E-state index >= 15 is 0 Å². The SMILES string of the molecule is CCOC(=O)C(O)c1ccc2c(c1F)OCCO2. The lowest BCUT2D eigenvalue weighted by Gasteiger charge is -2.20. The lowest BCUT2D eigenvalue weighted by atomic mass is 10.1. The average Bonchev–Trinajstić information content (AvgIpc) is 2.39. The number of hydrogen-bond donors (Lipinski definition) is 1. The van der Waals surface area contributed by atoms with Gasteiger partial charge in [-0.2, -0.15) is 0 Å². The third-order valence-electron chi connectivity index (χ3n) is 2.48. The van der Waals surface area contributed by atoms with E-state index in [9.17, 15) is 14.3 Å². The standard InChI is InChI=1S/C12H13FO5/c1-2-16-12(15)10(14)7-3-4-8-11(9(7)13)18-6-5-17-8/h3-4,10,14H,2,5-6H2,1H3. The summed E-state index contributed by atoms with van der Waals surface area (Å²) in [7, 11) is 0. The van der Waals surface area contributed by atoms with Crippen LogP contribution in [-0.2, 0) is 9.53 Å². The summed E-state index contributed by atoms with van der Waals surface area (Å²) in [6.45, 7) is 2.28. The molecule has 1 aliphatic rings. The number of esters is 1. The molecule has 1 aromatic carbocycles. The van der Waals surface area contributed by atoms with Gasteiger partial charge in [-0.05, 0) is 19.1 Å². The van der Waals surface area contributed by atoms with E-state index in [2.05, 4.69) is 4.74 Å². The highest BCUT2D eigenvalue weighted by Gasteiger charge is 2.27. The highest BCUT2D eigenvalue weighted by atomic mass is 19.1. The largest absolute Gasteiger partial charge is 0.486 e. The molecule has 0 radical (unpaired) electrons. The lowest BCUT2D eigenvalue weighted by Crippen LogP contribution is -2.20. The number of aliphatic hydroxyl groups is 1. The van der Waals surface area contributed by atoms with Crippen LogP contribution < -0.4 is 9.47 Å². The molecule has 0 aliphatic carbocycles. The maximum Gasteiger partial charge on any atom is 0.339 e. The van der Waals surface area contributed by atoms with Crippen LogP contribution in [0.5, 0.6) is 11.5 Å². The smallest absolute Gasteiger partial charge is 0.339 e. The normalized spacial score (nSPS) is 15.1. The van der Waals surface area contributed by atoms with Gasteiger partial charge in [0, 0.05) is 5.56 Å². The minimum absolute atomic E-state index is 0.0814. The highest BCUT2D eigenvalue weighted by Crippen LogP contribution is 2.36. The molecular weight excluding hydrogens is 243 g/mol. The van der Waals surface area contributed by atoms with E-state index in [1.54, 1.807) is 6.92 Å². The third-order valence-corrected chi connectivity index (χ3v) is 2.48. The van der Waals surface area contributed by atoms with E-state index in [4.69, 9.17) is 9.47 Å². The summed E-state index contributed by atoms with van der Waals surface area (Å²) in [5, 5.41) is 9.69. The quantitative estimate of drug-likeness (QED) is 0.823. The molecule has 1 atom stereocenters. The monoisotopic (exact) mass is 256 g/mol. The molecule has 1 heterocycles. The molecular formula is C12H13FO5. The summed E-state index contributed by atoms with van der Waals surface area (Å²) in [5.41, 5.74) is -0.183. The molecule has 0 fully saturated rings. The first kappa shape index (κ1) is 12.6. The highest BCUT2D eigenvalue weighted by molar-refractivity contribution is 5.76. The van der Waals surface area contributed by atoms with Crippen molar-refractivity contribution < 1.29 is 28.5 Å². The van der Waals surface area contributed by atoms with Crippen molar-refractivity contribution in [2.45, 2.75) is 13.0 Å². The molecule has 98 valence electrons. The summed E-state index contributed by atoms with van der Waals surface area (Å²) in [4.78, 5) is 11.4. The molecule has 1 aromatic rings. The number of hydrogen-bond acceptors (Lipinski definition) is 5. The second kappa shape index (κ2) is 5.22. The van der Waals surface area contributed by atoms with E-state index in [1.165, 1.54) is 12.1 Å². The Morgan fingerprint density at radius 3 is 2.94 bits per heavy atom. The predicted molar refractivity (Wildman–Crippen MR) is 59.0 cm³/mol. The Morgan fingerprint density at radius 2 is 2.22 bits per heavy atom. The number of rotatable bonds is 3. The van der Waals surface area contributed by atoms with Crippen LogP contribution in [0.4, 0.5) is 4.39 Å². The Kier molecular flexibility index (Phi) is 3.66. The fourth-order valence-electron chi connectivity index (χ4n) is 1.66. The van der Waals surface area contributed by atoms with Gasteiger partial charge in [0.15, 0.2) is 23.4 Å². The number of ether oxygens (including phenoxy) is 3. The molecule has 5 nitrogen and oxygen atoms in total. The van der Waals surface area contributed by atoms with Crippen molar-refractivity contribution in [3.05, 3.63) is 23.5 Å². The third kappa shape index (κ3) is 2.24. The van der Waals surface area contributed by atoms with E-state index in [0.29, 0.717) is 6.61 Å². The molecule has 2 rings (SSSR count). The summed E-state index contributed by atoms with van der Waals surface area (Å²) in [5.74, 6) is -1.51. The van der Waals surface area contributed by atoms with Gasteiger partial charge in [-0.15, -0.1) is 0 Å². The number of fused-ring (bicyclic) bond motifs is 1. The Labute approximate surface area is 103 Å². The van der Waals surface area contributed by atoms with Crippen molar-refractivity contribution in [1.82, 2.24) is 0 Å². The number of carbonyl (C=O) groups is 1. The molecule has 1 unspecified atom stereocenters. The van der Waals surface area contributed by atoms with Gasteiger partial charge in [-0.3, -0.25) is 0 Å². The van der Waals surface area contributed by atoms with Crippen LogP contribution in [0, 0.1) is 5.82 Å². The van der Waals surface area contributed by atoms with Gasteiger partial charge in [-0.1, -0.05) is 0 Å². The van der Waals surface area contributed by atoms with Crippen molar-refractivity contribution >= 4 is 5.97 Å². The summed E-state index contributed by atoms with van der Waals surface area (Å²) < 4.78 is 29.0.